The number of phenolic OH excluding ortho intramolecular Hbond substituents is 1. The molecule has 2 aliphatic rings. The van der Waals surface area contributed by atoms with Crippen molar-refractivity contribution in [2.45, 2.75) is 31.9 Å². The first-order valence-electron chi connectivity index (χ1n) is 10.8. The van der Waals surface area contributed by atoms with E-state index in [9.17, 15) is 19.8 Å². The number of ketones is 1. The van der Waals surface area contributed by atoms with Crippen LogP contribution in [-0.2, 0) is 16.0 Å². The molecule has 2 N–H and O–H groups in total. The van der Waals surface area contributed by atoms with Crippen LogP contribution < -0.4 is 4.74 Å². The van der Waals surface area contributed by atoms with E-state index in [1.807, 2.05) is 32.0 Å². The molecular weight excluding hydrogens is 408 g/mol. The number of aliphatic hydroxyl groups is 1. The number of aromatic hydroxyl groups is 1. The molecule has 7 nitrogen and oxygen atoms in total. The highest BCUT2D eigenvalue weighted by Gasteiger charge is 2.45. The molecule has 2 atom stereocenters. The van der Waals surface area contributed by atoms with Gasteiger partial charge in [-0.3, -0.25) is 9.59 Å². The predicted molar refractivity (Wildman–Crippen MR) is 121 cm³/mol. The Labute approximate surface area is 187 Å². The molecule has 0 radical (unpaired) electrons. The molecule has 7 heteroatoms. The van der Waals surface area contributed by atoms with Crippen LogP contribution in [0.3, 0.4) is 0 Å². The number of nitrogens with zero attached hydrogens (tertiary/aromatic N) is 2. The summed E-state index contributed by atoms with van der Waals surface area (Å²) >= 11 is 0. The Balaban J connectivity index is 1.77. The number of carbonyl (C=O) groups is 2. The van der Waals surface area contributed by atoms with Gasteiger partial charge in [-0.05, 0) is 75.4 Å². The van der Waals surface area contributed by atoms with Crippen molar-refractivity contribution in [1.29, 1.82) is 0 Å². The molecule has 2 unspecified atom stereocenters. The maximum absolute atomic E-state index is 13.1. The number of benzene rings is 2. The van der Waals surface area contributed by atoms with E-state index in [1.165, 1.54) is 17.0 Å². The lowest BCUT2D eigenvalue weighted by Crippen LogP contribution is -2.32. The fourth-order valence-corrected chi connectivity index (χ4v) is 4.40. The van der Waals surface area contributed by atoms with Crippen molar-refractivity contribution in [3.8, 4) is 11.5 Å². The van der Waals surface area contributed by atoms with Crippen LogP contribution in [0.5, 0.6) is 11.5 Å². The summed E-state index contributed by atoms with van der Waals surface area (Å²) in [5.41, 5.74) is 2.17. The summed E-state index contributed by atoms with van der Waals surface area (Å²) in [7, 11) is 3.90. The third-order valence-corrected chi connectivity index (χ3v) is 5.92. The second-order valence-electron chi connectivity index (χ2n) is 8.70. The third kappa shape index (κ3) is 4.08. The van der Waals surface area contributed by atoms with Gasteiger partial charge < -0.3 is 24.7 Å². The Bertz CT molecular complexity index is 1070. The molecule has 2 aromatic rings. The van der Waals surface area contributed by atoms with Gasteiger partial charge in [0.25, 0.3) is 11.7 Å². The summed E-state index contributed by atoms with van der Waals surface area (Å²) in [6.45, 7) is 3.11. The van der Waals surface area contributed by atoms with Crippen molar-refractivity contribution >= 4 is 17.4 Å². The molecule has 1 fully saturated rings. The first kappa shape index (κ1) is 21.9. The van der Waals surface area contributed by atoms with Crippen molar-refractivity contribution < 1.29 is 24.5 Å². The molecule has 2 aliphatic heterocycles. The smallest absolute Gasteiger partial charge is 0.295 e. The van der Waals surface area contributed by atoms with E-state index in [1.54, 1.807) is 24.3 Å². The fourth-order valence-electron chi connectivity index (χ4n) is 4.40. The zero-order valence-corrected chi connectivity index (χ0v) is 18.5. The van der Waals surface area contributed by atoms with Gasteiger partial charge in [-0.2, -0.15) is 0 Å². The molecule has 1 amide bonds. The zero-order chi connectivity index (χ0) is 23.0. The van der Waals surface area contributed by atoms with Crippen LogP contribution in [0.1, 0.15) is 36.1 Å². The number of fused-ring (bicyclic) bond motifs is 1. The van der Waals surface area contributed by atoms with E-state index < -0.39 is 17.7 Å². The summed E-state index contributed by atoms with van der Waals surface area (Å²) in [4.78, 5) is 29.6. The van der Waals surface area contributed by atoms with Crippen LogP contribution >= 0.6 is 0 Å². The fraction of sp³-hybridized carbons (Fsp3) is 0.360. The Morgan fingerprint density at radius 3 is 2.56 bits per heavy atom. The van der Waals surface area contributed by atoms with Crippen molar-refractivity contribution in [2.75, 3.05) is 27.2 Å². The lowest BCUT2D eigenvalue weighted by atomic mass is 9.94. The van der Waals surface area contributed by atoms with Gasteiger partial charge in [0.05, 0.1) is 11.6 Å². The van der Waals surface area contributed by atoms with Crippen molar-refractivity contribution in [2.24, 2.45) is 0 Å². The Morgan fingerprint density at radius 2 is 1.88 bits per heavy atom. The van der Waals surface area contributed by atoms with Gasteiger partial charge in [-0.25, -0.2) is 0 Å². The molecule has 0 spiro atoms. The molecule has 1 saturated heterocycles. The van der Waals surface area contributed by atoms with Gasteiger partial charge in [-0.15, -0.1) is 0 Å². The molecule has 2 aromatic carbocycles. The Morgan fingerprint density at radius 1 is 1.16 bits per heavy atom. The number of hydrogen-bond acceptors (Lipinski definition) is 6. The predicted octanol–water partition coefficient (Wildman–Crippen LogP) is 3.09. The number of aliphatic hydroxyl groups excluding tert-OH is 1. The minimum absolute atomic E-state index is 0.0571. The van der Waals surface area contributed by atoms with E-state index in [0.29, 0.717) is 24.1 Å². The van der Waals surface area contributed by atoms with Gasteiger partial charge in [-0.1, -0.05) is 12.1 Å². The number of carbonyl (C=O) groups excluding carboxylic acids is 2. The van der Waals surface area contributed by atoms with Crippen LogP contribution in [0.2, 0.25) is 0 Å². The topological polar surface area (TPSA) is 90.3 Å². The van der Waals surface area contributed by atoms with E-state index >= 15 is 0 Å². The summed E-state index contributed by atoms with van der Waals surface area (Å²) in [5.74, 6) is -0.657. The lowest BCUT2D eigenvalue weighted by Gasteiger charge is -2.26. The zero-order valence-electron chi connectivity index (χ0n) is 18.5. The van der Waals surface area contributed by atoms with Crippen molar-refractivity contribution in [3.63, 3.8) is 0 Å². The van der Waals surface area contributed by atoms with Crippen LogP contribution in [0, 0.1) is 0 Å². The number of likely N-dealkylation sites (tertiary alicyclic amines) is 1. The quantitative estimate of drug-likeness (QED) is 0.411. The minimum Gasteiger partial charge on any atom is -0.508 e. The molecule has 0 aliphatic carbocycles. The third-order valence-electron chi connectivity index (χ3n) is 5.92. The average molecular weight is 437 g/mol. The summed E-state index contributed by atoms with van der Waals surface area (Å²) < 4.78 is 5.73. The Hall–Kier alpha value is -3.32. The van der Waals surface area contributed by atoms with Crippen LogP contribution in [0.15, 0.2) is 48.0 Å². The maximum atomic E-state index is 13.1. The number of ether oxygens (including phenoxy) is 1. The molecule has 4 rings (SSSR count). The second-order valence-corrected chi connectivity index (χ2v) is 8.70. The molecule has 0 saturated carbocycles. The van der Waals surface area contributed by atoms with Gasteiger partial charge in [0.1, 0.15) is 23.4 Å². The van der Waals surface area contributed by atoms with Gasteiger partial charge in [0.15, 0.2) is 0 Å². The summed E-state index contributed by atoms with van der Waals surface area (Å²) in [6.07, 6.45) is 1.46. The molecule has 2 heterocycles. The van der Waals surface area contributed by atoms with E-state index in [0.717, 1.165) is 24.3 Å². The van der Waals surface area contributed by atoms with Crippen molar-refractivity contribution in [1.82, 2.24) is 9.80 Å². The lowest BCUT2D eigenvalue weighted by molar-refractivity contribution is -0.139. The van der Waals surface area contributed by atoms with E-state index in [-0.39, 0.29) is 23.2 Å². The molecule has 32 heavy (non-hydrogen) atoms. The first-order valence-corrected chi connectivity index (χ1v) is 10.8. The minimum atomic E-state index is -0.721. The van der Waals surface area contributed by atoms with Crippen LogP contribution in [0.25, 0.3) is 5.76 Å². The number of phenols is 1. The molecule has 0 aromatic heterocycles. The molecular formula is C25H28N2O5. The van der Waals surface area contributed by atoms with Gasteiger partial charge >= 0.3 is 0 Å². The SMILES string of the molecule is CC1Cc2cc(/C(O)=C3/C(=O)C(=O)N(CCCN(C)C)C3c3ccc(O)cc3)ccc2O1. The molecule has 168 valence electrons. The average Bonchev–Trinajstić information content (AvgIpc) is 3.24. The standard InChI is InChI=1S/C25H28N2O5/c1-15-13-18-14-17(7-10-20(18)32-15)23(29)21-22(16-5-8-19(28)9-6-16)27(25(31)24(21)30)12-4-11-26(2)3/h5-10,14-15,22,28-29H,4,11-13H2,1-3H3/b23-21-. The first-order chi connectivity index (χ1) is 15.3. The highest BCUT2D eigenvalue weighted by Crippen LogP contribution is 2.41. The number of Topliss-reactive ketones (excluding diaryl/α,β-unsaturated/α-hetero) is 1. The monoisotopic (exact) mass is 436 g/mol. The highest BCUT2D eigenvalue weighted by atomic mass is 16.5. The van der Waals surface area contributed by atoms with Crippen LogP contribution in [-0.4, -0.2) is 65.0 Å². The molecule has 0 bridgehead atoms. The number of rotatable bonds is 6. The van der Waals surface area contributed by atoms with E-state index in [4.69, 9.17) is 4.74 Å². The largest absolute Gasteiger partial charge is 0.508 e. The van der Waals surface area contributed by atoms with E-state index in [2.05, 4.69) is 0 Å². The van der Waals surface area contributed by atoms with Gasteiger partial charge in [0, 0.05) is 18.5 Å². The van der Waals surface area contributed by atoms with Crippen LogP contribution in [0.4, 0.5) is 0 Å². The summed E-state index contributed by atoms with van der Waals surface area (Å²) in [6, 6.07) is 11.0. The normalized spacial score (nSPS) is 21.8. The number of amides is 1. The number of hydrogen-bond donors (Lipinski definition) is 2. The van der Waals surface area contributed by atoms with Crippen molar-refractivity contribution in [3.05, 3.63) is 64.7 Å². The Kier molecular flexibility index (Phi) is 5.93. The second kappa shape index (κ2) is 8.67. The maximum Gasteiger partial charge on any atom is 0.295 e. The van der Waals surface area contributed by atoms with Gasteiger partial charge in [0.2, 0.25) is 0 Å². The highest BCUT2D eigenvalue weighted by molar-refractivity contribution is 6.46. The summed E-state index contributed by atoms with van der Waals surface area (Å²) in [5, 5.41) is 20.9.